The molecule has 0 fully saturated rings. The number of nitriles is 1. The van der Waals surface area contributed by atoms with Crippen LogP contribution in [0.25, 0.3) is 0 Å². The van der Waals surface area contributed by atoms with Gasteiger partial charge in [0.25, 0.3) is 0 Å². The molecule has 1 rings (SSSR count). The molecule has 16 heavy (non-hydrogen) atoms. The van der Waals surface area contributed by atoms with Gasteiger partial charge in [-0.3, -0.25) is 4.79 Å². The van der Waals surface area contributed by atoms with Gasteiger partial charge in [0.15, 0.2) is 0 Å². The largest absolute Gasteiger partial charge is 0.506 e. The number of hydrogen-bond acceptors (Lipinski definition) is 5. The van der Waals surface area contributed by atoms with Crippen LogP contribution in [0.15, 0.2) is 12.1 Å². The second-order valence-electron chi connectivity index (χ2n) is 2.97. The van der Waals surface area contributed by atoms with Crippen molar-refractivity contribution in [2.24, 2.45) is 5.73 Å². The number of phenolic OH excluding ortho intramolecular Hbond substituents is 1. The molecule has 0 bridgehead atoms. The van der Waals surface area contributed by atoms with Gasteiger partial charge in [-0.15, -0.1) is 0 Å². The Bertz CT molecular complexity index is 468. The van der Waals surface area contributed by atoms with E-state index in [9.17, 15) is 14.3 Å². The number of phenols is 1. The molecule has 0 aliphatic carbocycles. The summed E-state index contributed by atoms with van der Waals surface area (Å²) in [6.07, 6.45) is 0. The molecule has 5 nitrogen and oxygen atoms in total. The van der Waals surface area contributed by atoms with Crippen LogP contribution in [-0.4, -0.2) is 18.2 Å². The molecule has 0 saturated heterocycles. The molecule has 0 heterocycles. The smallest absolute Gasteiger partial charge is 0.327 e. The van der Waals surface area contributed by atoms with E-state index in [1.165, 1.54) is 6.07 Å². The van der Waals surface area contributed by atoms with Gasteiger partial charge in [-0.05, 0) is 6.07 Å². The third kappa shape index (κ3) is 1.94. The SMILES string of the molecule is COC(=O)[C@H](N)c1ccc(F)c(C#N)c1O. The third-order valence-corrected chi connectivity index (χ3v) is 2.06. The standard InChI is InChI=1S/C10H9FN2O3/c1-16-10(15)8(13)5-2-3-7(11)6(4-12)9(5)14/h2-3,8,14H,13H2,1H3/t8-/m1/s1. The maximum Gasteiger partial charge on any atom is 0.327 e. The highest BCUT2D eigenvalue weighted by atomic mass is 19.1. The number of carbonyl (C=O) groups is 1. The van der Waals surface area contributed by atoms with Crippen molar-refractivity contribution in [1.82, 2.24) is 0 Å². The van der Waals surface area contributed by atoms with E-state index in [1.54, 1.807) is 0 Å². The summed E-state index contributed by atoms with van der Waals surface area (Å²) >= 11 is 0. The van der Waals surface area contributed by atoms with Crippen molar-refractivity contribution < 1.29 is 19.0 Å². The molecule has 0 aliphatic rings. The molecule has 0 unspecified atom stereocenters. The highest BCUT2D eigenvalue weighted by Gasteiger charge is 2.23. The first kappa shape index (κ1) is 11.9. The minimum absolute atomic E-state index is 0.0511. The number of benzene rings is 1. The highest BCUT2D eigenvalue weighted by molar-refractivity contribution is 5.78. The van der Waals surface area contributed by atoms with Gasteiger partial charge in [0.1, 0.15) is 29.2 Å². The number of halogens is 1. The average molecular weight is 224 g/mol. The van der Waals surface area contributed by atoms with Crippen molar-refractivity contribution in [3.8, 4) is 11.8 Å². The van der Waals surface area contributed by atoms with Crippen molar-refractivity contribution in [3.63, 3.8) is 0 Å². The summed E-state index contributed by atoms with van der Waals surface area (Å²) in [5.74, 6) is -2.30. The summed E-state index contributed by atoms with van der Waals surface area (Å²) in [6, 6.07) is 2.32. The Morgan fingerprint density at radius 1 is 1.69 bits per heavy atom. The first-order valence-corrected chi connectivity index (χ1v) is 4.27. The van der Waals surface area contributed by atoms with E-state index >= 15 is 0 Å². The number of ether oxygens (including phenoxy) is 1. The average Bonchev–Trinajstić information content (AvgIpc) is 2.28. The predicted molar refractivity (Wildman–Crippen MR) is 51.7 cm³/mol. The van der Waals surface area contributed by atoms with Crippen LogP contribution in [0, 0.1) is 17.1 Å². The van der Waals surface area contributed by atoms with Crippen LogP contribution in [0.5, 0.6) is 5.75 Å². The maximum absolute atomic E-state index is 13.0. The maximum atomic E-state index is 13.0. The van der Waals surface area contributed by atoms with Gasteiger partial charge < -0.3 is 15.6 Å². The van der Waals surface area contributed by atoms with E-state index in [0.29, 0.717) is 0 Å². The molecular weight excluding hydrogens is 215 g/mol. The number of hydrogen-bond donors (Lipinski definition) is 2. The number of nitrogens with two attached hydrogens (primary N) is 1. The Hall–Kier alpha value is -2.13. The van der Waals surface area contributed by atoms with Crippen LogP contribution in [-0.2, 0) is 9.53 Å². The fourth-order valence-electron chi connectivity index (χ4n) is 1.19. The van der Waals surface area contributed by atoms with Crippen molar-refractivity contribution in [2.75, 3.05) is 7.11 Å². The summed E-state index contributed by atoms with van der Waals surface area (Å²) in [6.45, 7) is 0. The van der Waals surface area contributed by atoms with Crippen molar-refractivity contribution in [1.29, 1.82) is 5.26 Å². The summed E-state index contributed by atoms with van der Waals surface area (Å²) in [5, 5.41) is 18.1. The topological polar surface area (TPSA) is 96.3 Å². The van der Waals surface area contributed by atoms with Crippen molar-refractivity contribution >= 4 is 5.97 Å². The van der Waals surface area contributed by atoms with Gasteiger partial charge >= 0.3 is 5.97 Å². The summed E-state index contributed by atoms with van der Waals surface area (Å²) < 4.78 is 17.4. The zero-order chi connectivity index (χ0) is 12.3. The van der Waals surface area contributed by atoms with Crippen molar-refractivity contribution in [2.45, 2.75) is 6.04 Å². The highest BCUT2D eigenvalue weighted by Crippen LogP contribution is 2.28. The van der Waals surface area contributed by atoms with E-state index in [1.807, 2.05) is 0 Å². The summed E-state index contributed by atoms with van der Waals surface area (Å²) in [7, 11) is 1.13. The van der Waals surface area contributed by atoms with E-state index in [2.05, 4.69) is 4.74 Å². The predicted octanol–water partition coefficient (Wildman–Crippen LogP) is 0.576. The number of aromatic hydroxyl groups is 1. The zero-order valence-corrected chi connectivity index (χ0v) is 8.40. The Balaban J connectivity index is 3.27. The lowest BCUT2D eigenvalue weighted by Crippen LogP contribution is -2.22. The Morgan fingerprint density at radius 2 is 2.31 bits per heavy atom. The van der Waals surface area contributed by atoms with Crippen LogP contribution < -0.4 is 5.73 Å². The molecule has 3 N–H and O–H groups in total. The molecule has 0 saturated carbocycles. The molecule has 0 aromatic heterocycles. The second-order valence-corrected chi connectivity index (χ2v) is 2.97. The van der Waals surface area contributed by atoms with E-state index in [0.717, 1.165) is 19.2 Å². The molecule has 1 aromatic carbocycles. The lowest BCUT2D eigenvalue weighted by atomic mass is 10.0. The first-order valence-electron chi connectivity index (χ1n) is 4.27. The normalized spacial score (nSPS) is 11.6. The fourth-order valence-corrected chi connectivity index (χ4v) is 1.19. The van der Waals surface area contributed by atoms with Gasteiger partial charge in [0, 0.05) is 5.56 Å². The van der Waals surface area contributed by atoms with Crippen LogP contribution >= 0.6 is 0 Å². The van der Waals surface area contributed by atoms with E-state index in [-0.39, 0.29) is 5.56 Å². The zero-order valence-electron chi connectivity index (χ0n) is 8.40. The van der Waals surface area contributed by atoms with Crippen LogP contribution in [0.2, 0.25) is 0 Å². The summed E-state index contributed by atoms with van der Waals surface area (Å²) in [4.78, 5) is 11.1. The number of esters is 1. The third-order valence-electron chi connectivity index (χ3n) is 2.06. The fraction of sp³-hybridized carbons (Fsp3) is 0.200. The minimum Gasteiger partial charge on any atom is -0.506 e. The number of rotatable bonds is 2. The van der Waals surface area contributed by atoms with E-state index < -0.39 is 29.1 Å². The number of carbonyl (C=O) groups excluding carboxylic acids is 1. The van der Waals surface area contributed by atoms with Crippen LogP contribution in [0.1, 0.15) is 17.2 Å². The molecule has 0 aliphatic heterocycles. The van der Waals surface area contributed by atoms with E-state index in [4.69, 9.17) is 11.0 Å². The molecule has 1 aromatic rings. The van der Waals surface area contributed by atoms with Gasteiger partial charge in [-0.1, -0.05) is 6.07 Å². The summed E-state index contributed by atoms with van der Waals surface area (Å²) in [5.41, 5.74) is 4.86. The Morgan fingerprint density at radius 3 is 2.81 bits per heavy atom. The second kappa shape index (κ2) is 4.59. The Labute approximate surface area is 90.9 Å². The molecule has 84 valence electrons. The van der Waals surface area contributed by atoms with Crippen molar-refractivity contribution in [3.05, 3.63) is 29.1 Å². The molecular formula is C10H9FN2O3. The number of nitrogens with zero attached hydrogens (tertiary/aromatic N) is 1. The number of methoxy groups -OCH3 is 1. The Kier molecular flexibility index (Phi) is 3.43. The van der Waals surface area contributed by atoms with Gasteiger partial charge in [-0.25, -0.2) is 4.39 Å². The minimum atomic E-state index is -1.25. The van der Waals surface area contributed by atoms with Crippen LogP contribution in [0.4, 0.5) is 4.39 Å². The van der Waals surface area contributed by atoms with Gasteiger partial charge in [0.05, 0.1) is 7.11 Å². The molecule has 0 radical (unpaired) electrons. The first-order chi connectivity index (χ1) is 7.52. The lowest BCUT2D eigenvalue weighted by molar-refractivity contribution is -0.142. The van der Waals surface area contributed by atoms with Gasteiger partial charge in [0.2, 0.25) is 0 Å². The molecule has 1 atom stereocenters. The molecule has 0 amide bonds. The monoisotopic (exact) mass is 224 g/mol. The van der Waals surface area contributed by atoms with Gasteiger partial charge in [-0.2, -0.15) is 5.26 Å². The lowest BCUT2D eigenvalue weighted by Gasteiger charge is -2.12. The molecule has 0 spiro atoms. The van der Waals surface area contributed by atoms with Crippen LogP contribution in [0.3, 0.4) is 0 Å². The quantitative estimate of drug-likeness (QED) is 0.716. The molecule has 6 heteroatoms.